The van der Waals surface area contributed by atoms with Crippen LogP contribution < -0.4 is 10.6 Å². The molecule has 2 N–H and O–H groups in total. The zero-order chi connectivity index (χ0) is 11.7. The van der Waals surface area contributed by atoms with Gasteiger partial charge >= 0.3 is 0 Å². The van der Waals surface area contributed by atoms with Crippen molar-refractivity contribution < 1.29 is 0 Å². The zero-order valence-corrected chi connectivity index (χ0v) is 10.5. The second kappa shape index (κ2) is 4.30. The summed E-state index contributed by atoms with van der Waals surface area (Å²) in [7, 11) is 0. The molecule has 2 heterocycles. The van der Waals surface area contributed by atoms with E-state index in [1.54, 1.807) is 0 Å². The normalized spacial score (nSPS) is 26.5. The molecule has 0 bridgehead atoms. The van der Waals surface area contributed by atoms with Crippen molar-refractivity contribution in [3.63, 3.8) is 0 Å². The molecule has 17 heavy (non-hydrogen) atoms. The van der Waals surface area contributed by atoms with Crippen LogP contribution in [0.4, 0.5) is 5.82 Å². The lowest BCUT2D eigenvalue weighted by atomic mass is 9.70. The summed E-state index contributed by atoms with van der Waals surface area (Å²) in [6.07, 6.45) is 8.43. The van der Waals surface area contributed by atoms with E-state index in [0.29, 0.717) is 11.6 Å². The highest BCUT2D eigenvalue weighted by atomic mass is 15.1. The van der Waals surface area contributed by atoms with Crippen molar-refractivity contribution in [3.8, 4) is 0 Å². The Balaban J connectivity index is 1.67. The van der Waals surface area contributed by atoms with Crippen LogP contribution >= 0.6 is 0 Å². The third kappa shape index (κ3) is 2.16. The monoisotopic (exact) mass is 231 g/mol. The van der Waals surface area contributed by atoms with Crippen LogP contribution in [0, 0.1) is 6.92 Å². The van der Waals surface area contributed by atoms with E-state index >= 15 is 0 Å². The fourth-order valence-corrected chi connectivity index (χ4v) is 3.10. The molecule has 3 nitrogen and oxygen atoms in total. The number of nitrogens with one attached hydrogen (secondary N) is 2. The molecule has 1 saturated carbocycles. The highest BCUT2D eigenvalue weighted by Crippen LogP contribution is 2.38. The number of rotatable bonds is 2. The molecule has 1 aromatic heterocycles. The first-order valence-electron chi connectivity index (χ1n) is 6.71. The smallest absolute Gasteiger partial charge is 0.129 e. The molecule has 92 valence electrons. The Morgan fingerprint density at radius 3 is 3.06 bits per heavy atom. The molecule has 1 aliphatic carbocycles. The van der Waals surface area contributed by atoms with Gasteiger partial charge in [0.25, 0.3) is 0 Å². The van der Waals surface area contributed by atoms with Crippen molar-refractivity contribution in [2.45, 2.75) is 50.6 Å². The van der Waals surface area contributed by atoms with E-state index in [1.807, 2.05) is 12.3 Å². The van der Waals surface area contributed by atoms with Gasteiger partial charge in [-0.15, -0.1) is 0 Å². The largest absolute Gasteiger partial charge is 0.367 e. The van der Waals surface area contributed by atoms with Gasteiger partial charge in [-0.2, -0.15) is 0 Å². The van der Waals surface area contributed by atoms with Crippen LogP contribution in [-0.2, 0) is 0 Å². The number of aryl methyl sites for hydroxylation is 1. The minimum absolute atomic E-state index is 0.457. The fourth-order valence-electron chi connectivity index (χ4n) is 3.10. The van der Waals surface area contributed by atoms with E-state index in [4.69, 9.17) is 0 Å². The number of anilines is 1. The number of piperidine rings is 1. The molecule has 0 aromatic carbocycles. The molecular formula is C14H21N3. The molecular weight excluding hydrogens is 210 g/mol. The molecule has 2 fully saturated rings. The highest BCUT2D eigenvalue weighted by Gasteiger charge is 2.40. The van der Waals surface area contributed by atoms with E-state index < -0.39 is 0 Å². The van der Waals surface area contributed by atoms with Crippen LogP contribution in [0.3, 0.4) is 0 Å². The lowest BCUT2D eigenvalue weighted by Gasteiger charge is -2.48. The van der Waals surface area contributed by atoms with Gasteiger partial charge in [0.05, 0.1) is 0 Å². The standard InChI is InChI=1S/C14H21N3/c1-11-4-2-8-15-13(11)17-12-5-9-16-14(10-12)6-3-7-14/h2,4,8,12,16H,3,5-7,9-10H2,1H3,(H,15,17). The average molecular weight is 231 g/mol. The minimum atomic E-state index is 0.457. The average Bonchev–Trinajstić information content (AvgIpc) is 2.31. The van der Waals surface area contributed by atoms with Crippen molar-refractivity contribution in [2.75, 3.05) is 11.9 Å². The number of nitrogens with zero attached hydrogens (tertiary/aromatic N) is 1. The Morgan fingerprint density at radius 1 is 1.47 bits per heavy atom. The Hall–Kier alpha value is -1.09. The summed E-state index contributed by atoms with van der Waals surface area (Å²) in [5.74, 6) is 1.06. The molecule has 3 heteroatoms. The zero-order valence-electron chi connectivity index (χ0n) is 10.5. The Morgan fingerprint density at radius 2 is 2.35 bits per heavy atom. The molecule has 1 aliphatic heterocycles. The van der Waals surface area contributed by atoms with Gasteiger partial charge in [0.2, 0.25) is 0 Å². The van der Waals surface area contributed by atoms with Gasteiger partial charge in [0, 0.05) is 17.8 Å². The first-order valence-corrected chi connectivity index (χ1v) is 6.71. The van der Waals surface area contributed by atoms with Gasteiger partial charge in [0.1, 0.15) is 5.82 Å². The van der Waals surface area contributed by atoms with Crippen LogP contribution in [0.15, 0.2) is 18.3 Å². The summed E-state index contributed by atoms with van der Waals surface area (Å²) in [6.45, 7) is 3.26. The summed E-state index contributed by atoms with van der Waals surface area (Å²) >= 11 is 0. The van der Waals surface area contributed by atoms with Crippen LogP contribution in [0.1, 0.15) is 37.7 Å². The van der Waals surface area contributed by atoms with E-state index in [2.05, 4.69) is 28.6 Å². The molecule has 1 spiro atoms. The number of pyridine rings is 1. The summed E-state index contributed by atoms with van der Waals surface area (Å²) in [6, 6.07) is 4.71. The van der Waals surface area contributed by atoms with E-state index in [9.17, 15) is 0 Å². The van der Waals surface area contributed by atoms with Crippen molar-refractivity contribution in [2.24, 2.45) is 0 Å². The number of aromatic nitrogens is 1. The van der Waals surface area contributed by atoms with Gasteiger partial charge in [-0.05, 0) is 57.2 Å². The first kappa shape index (κ1) is 11.0. The van der Waals surface area contributed by atoms with Crippen LogP contribution in [0.5, 0.6) is 0 Å². The predicted molar refractivity (Wildman–Crippen MR) is 70.2 cm³/mol. The number of hydrogen-bond donors (Lipinski definition) is 2. The maximum Gasteiger partial charge on any atom is 0.129 e. The second-order valence-corrected chi connectivity index (χ2v) is 5.56. The fraction of sp³-hybridized carbons (Fsp3) is 0.643. The van der Waals surface area contributed by atoms with Crippen molar-refractivity contribution in [1.29, 1.82) is 0 Å². The lowest BCUT2D eigenvalue weighted by Crippen LogP contribution is -2.58. The van der Waals surface area contributed by atoms with Crippen LogP contribution in [0.25, 0.3) is 0 Å². The van der Waals surface area contributed by atoms with E-state index in [-0.39, 0.29) is 0 Å². The van der Waals surface area contributed by atoms with Gasteiger partial charge < -0.3 is 10.6 Å². The van der Waals surface area contributed by atoms with Gasteiger partial charge in [-0.25, -0.2) is 4.98 Å². The van der Waals surface area contributed by atoms with Gasteiger partial charge in [-0.3, -0.25) is 0 Å². The molecule has 1 aromatic rings. The van der Waals surface area contributed by atoms with Crippen LogP contribution in [0.2, 0.25) is 0 Å². The van der Waals surface area contributed by atoms with Crippen LogP contribution in [-0.4, -0.2) is 23.1 Å². The Bertz CT molecular complexity index is 398. The van der Waals surface area contributed by atoms with E-state index in [1.165, 1.54) is 37.7 Å². The molecule has 0 amide bonds. The molecule has 1 saturated heterocycles. The van der Waals surface area contributed by atoms with Gasteiger partial charge in [-0.1, -0.05) is 6.07 Å². The number of hydrogen-bond acceptors (Lipinski definition) is 3. The quantitative estimate of drug-likeness (QED) is 0.821. The second-order valence-electron chi connectivity index (χ2n) is 5.56. The van der Waals surface area contributed by atoms with E-state index in [0.717, 1.165) is 12.4 Å². The van der Waals surface area contributed by atoms with Crippen molar-refractivity contribution >= 4 is 5.82 Å². The lowest BCUT2D eigenvalue weighted by molar-refractivity contribution is 0.135. The summed E-state index contributed by atoms with van der Waals surface area (Å²) < 4.78 is 0. The first-order chi connectivity index (χ1) is 8.27. The topological polar surface area (TPSA) is 37.0 Å². The van der Waals surface area contributed by atoms with Crippen molar-refractivity contribution in [1.82, 2.24) is 10.3 Å². The molecule has 2 aliphatic rings. The summed E-state index contributed by atoms with van der Waals surface area (Å²) in [4.78, 5) is 4.43. The molecule has 0 radical (unpaired) electrons. The molecule has 1 unspecified atom stereocenters. The van der Waals surface area contributed by atoms with Gasteiger partial charge in [0.15, 0.2) is 0 Å². The Kier molecular flexibility index (Phi) is 2.79. The predicted octanol–water partition coefficient (Wildman–Crippen LogP) is 2.48. The summed E-state index contributed by atoms with van der Waals surface area (Å²) in [5.41, 5.74) is 1.70. The maximum absolute atomic E-state index is 4.43. The highest BCUT2D eigenvalue weighted by molar-refractivity contribution is 5.43. The van der Waals surface area contributed by atoms with Crippen molar-refractivity contribution in [3.05, 3.63) is 23.9 Å². The Labute approximate surface area is 103 Å². The third-order valence-electron chi connectivity index (χ3n) is 4.29. The minimum Gasteiger partial charge on any atom is -0.367 e. The molecule has 1 atom stereocenters. The maximum atomic E-state index is 4.43. The summed E-state index contributed by atoms with van der Waals surface area (Å²) in [5, 5.41) is 7.32. The third-order valence-corrected chi connectivity index (χ3v) is 4.29. The SMILES string of the molecule is Cc1cccnc1NC1CCNC2(CCC2)C1. The molecule has 3 rings (SSSR count).